The summed E-state index contributed by atoms with van der Waals surface area (Å²) in [5, 5.41) is 8.97. The Morgan fingerprint density at radius 2 is 2.20 bits per heavy atom. The summed E-state index contributed by atoms with van der Waals surface area (Å²) in [5.74, 6) is -0.865. The first-order valence-corrected chi connectivity index (χ1v) is 4.87. The van der Waals surface area contributed by atoms with Crippen LogP contribution in [0.4, 0.5) is 0 Å². The molecule has 5 nitrogen and oxygen atoms in total. The summed E-state index contributed by atoms with van der Waals surface area (Å²) in [6.45, 7) is 4.53. The third kappa shape index (κ3) is 2.79. The van der Waals surface area contributed by atoms with Gasteiger partial charge in [-0.25, -0.2) is 9.78 Å². The van der Waals surface area contributed by atoms with Crippen molar-refractivity contribution in [2.75, 3.05) is 14.1 Å². The van der Waals surface area contributed by atoms with Crippen LogP contribution in [0, 0.1) is 0 Å². The first-order valence-electron chi connectivity index (χ1n) is 4.87. The van der Waals surface area contributed by atoms with Gasteiger partial charge in [-0.1, -0.05) is 0 Å². The third-order valence-electron chi connectivity index (χ3n) is 2.01. The Morgan fingerprint density at radius 1 is 1.60 bits per heavy atom. The van der Waals surface area contributed by atoms with Crippen LogP contribution in [0.3, 0.4) is 0 Å². The largest absolute Gasteiger partial charge is 0.475 e. The van der Waals surface area contributed by atoms with E-state index in [-0.39, 0.29) is 11.9 Å². The van der Waals surface area contributed by atoms with E-state index in [0.717, 1.165) is 5.69 Å². The number of aromatic nitrogens is 2. The minimum Gasteiger partial charge on any atom is -0.475 e. The molecule has 0 saturated heterocycles. The van der Waals surface area contributed by atoms with E-state index in [1.54, 1.807) is 10.8 Å². The fourth-order valence-electron chi connectivity index (χ4n) is 1.40. The minimum absolute atomic E-state index is 0.111. The molecule has 84 valence electrons. The van der Waals surface area contributed by atoms with Gasteiger partial charge in [-0.05, 0) is 27.9 Å². The molecule has 1 N–H and O–H groups in total. The standard InChI is InChI=1S/C10H17N3O2/c1-7(2)13-6-8(5-12(3)4)11-9(13)10(14)15/h6-7H,5H2,1-4H3,(H,14,15). The summed E-state index contributed by atoms with van der Waals surface area (Å²) >= 11 is 0. The highest BCUT2D eigenvalue weighted by Crippen LogP contribution is 2.12. The second kappa shape index (κ2) is 4.44. The van der Waals surface area contributed by atoms with E-state index >= 15 is 0 Å². The van der Waals surface area contributed by atoms with Crippen molar-refractivity contribution in [2.45, 2.75) is 26.4 Å². The summed E-state index contributed by atoms with van der Waals surface area (Å²) in [7, 11) is 3.85. The zero-order valence-corrected chi connectivity index (χ0v) is 9.56. The Morgan fingerprint density at radius 3 is 2.53 bits per heavy atom. The number of hydrogen-bond acceptors (Lipinski definition) is 3. The minimum atomic E-state index is -0.978. The average molecular weight is 211 g/mol. The molecular formula is C10H17N3O2. The van der Waals surface area contributed by atoms with Gasteiger partial charge in [0.1, 0.15) is 0 Å². The molecule has 0 bridgehead atoms. The second-order valence-electron chi connectivity index (χ2n) is 4.10. The van der Waals surface area contributed by atoms with Crippen LogP contribution in [-0.2, 0) is 6.54 Å². The molecule has 0 atom stereocenters. The van der Waals surface area contributed by atoms with Crippen LogP contribution in [-0.4, -0.2) is 39.6 Å². The van der Waals surface area contributed by atoms with Gasteiger partial charge < -0.3 is 14.6 Å². The lowest BCUT2D eigenvalue weighted by Crippen LogP contribution is -2.11. The number of carbonyl (C=O) groups is 1. The van der Waals surface area contributed by atoms with Crippen LogP contribution in [0.5, 0.6) is 0 Å². The summed E-state index contributed by atoms with van der Waals surface area (Å²) in [5.41, 5.74) is 0.783. The van der Waals surface area contributed by atoms with Gasteiger partial charge in [-0.3, -0.25) is 0 Å². The van der Waals surface area contributed by atoms with Crippen LogP contribution in [0.15, 0.2) is 6.20 Å². The summed E-state index contributed by atoms with van der Waals surface area (Å²) < 4.78 is 1.68. The van der Waals surface area contributed by atoms with Crippen LogP contribution < -0.4 is 0 Å². The highest BCUT2D eigenvalue weighted by atomic mass is 16.4. The molecule has 0 aliphatic heterocycles. The van der Waals surface area contributed by atoms with Crippen molar-refractivity contribution in [1.82, 2.24) is 14.5 Å². The van der Waals surface area contributed by atoms with E-state index in [2.05, 4.69) is 4.98 Å². The predicted octanol–water partition coefficient (Wildman–Crippen LogP) is 1.22. The number of carboxylic acids is 1. The molecular weight excluding hydrogens is 194 g/mol. The number of nitrogens with zero attached hydrogens (tertiary/aromatic N) is 3. The van der Waals surface area contributed by atoms with Crippen molar-refractivity contribution < 1.29 is 9.90 Å². The van der Waals surface area contributed by atoms with Crippen molar-refractivity contribution in [1.29, 1.82) is 0 Å². The molecule has 1 rings (SSSR count). The number of imidazole rings is 1. The highest BCUT2D eigenvalue weighted by Gasteiger charge is 2.16. The molecule has 0 amide bonds. The molecule has 15 heavy (non-hydrogen) atoms. The number of rotatable bonds is 4. The second-order valence-corrected chi connectivity index (χ2v) is 4.10. The zero-order valence-electron chi connectivity index (χ0n) is 9.56. The highest BCUT2D eigenvalue weighted by molar-refractivity contribution is 5.83. The monoisotopic (exact) mass is 211 g/mol. The topological polar surface area (TPSA) is 58.4 Å². The maximum absolute atomic E-state index is 10.9. The smallest absolute Gasteiger partial charge is 0.372 e. The van der Waals surface area contributed by atoms with Crippen LogP contribution in [0.25, 0.3) is 0 Å². The molecule has 0 radical (unpaired) electrons. The zero-order chi connectivity index (χ0) is 11.6. The van der Waals surface area contributed by atoms with E-state index in [0.29, 0.717) is 6.54 Å². The van der Waals surface area contributed by atoms with Crippen molar-refractivity contribution in [3.8, 4) is 0 Å². The maximum Gasteiger partial charge on any atom is 0.372 e. The van der Waals surface area contributed by atoms with Crippen LogP contribution >= 0.6 is 0 Å². The number of carboxylic acid groups (broad SMARTS) is 1. The van der Waals surface area contributed by atoms with Crippen LogP contribution in [0.2, 0.25) is 0 Å². The fraction of sp³-hybridized carbons (Fsp3) is 0.600. The van der Waals surface area contributed by atoms with Gasteiger partial charge in [0.15, 0.2) is 0 Å². The van der Waals surface area contributed by atoms with Crippen molar-refractivity contribution in [3.05, 3.63) is 17.7 Å². The van der Waals surface area contributed by atoms with E-state index in [1.807, 2.05) is 32.8 Å². The molecule has 0 unspecified atom stereocenters. The van der Waals surface area contributed by atoms with Gasteiger partial charge in [-0.2, -0.15) is 0 Å². The Bertz CT molecular complexity index is 356. The van der Waals surface area contributed by atoms with Gasteiger partial charge >= 0.3 is 5.97 Å². The SMILES string of the molecule is CC(C)n1cc(CN(C)C)nc1C(=O)O. The van der Waals surface area contributed by atoms with E-state index in [1.165, 1.54) is 0 Å². The molecule has 1 aromatic rings. The molecule has 0 aliphatic carbocycles. The van der Waals surface area contributed by atoms with Crippen molar-refractivity contribution >= 4 is 5.97 Å². The molecule has 0 saturated carbocycles. The predicted molar refractivity (Wildman–Crippen MR) is 57.0 cm³/mol. The van der Waals surface area contributed by atoms with Gasteiger partial charge in [0.05, 0.1) is 5.69 Å². The lowest BCUT2D eigenvalue weighted by atomic mass is 10.4. The number of hydrogen-bond donors (Lipinski definition) is 1. The molecule has 0 aliphatic rings. The van der Waals surface area contributed by atoms with Gasteiger partial charge in [-0.15, -0.1) is 0 Å². The lowest BCUT2D eigenvalue weighted by Gasteiger charge is -2.08. The Balaban J connectivity index is 3.04. The Labute approximate surface area is 89.3 Å². The van der Waals surface area contributed by atoms with Crippen LogP contribution in [0.1, 0.15) is 36.2 Å². The molecule has 0 spiro atoms. The normalized spacial score (nSPS) is 11.3. The van der Waals surface area contributed by atoms with E-state index in [9.17, 15) is 4.79 Å². The Hall–Kier alpha value is -1.36. The molecule has 1 heterocycles. The lowest BCUT2D eigenvalue weighted by molar-refractivity contribution is 0.0676. The molecule has 5 heteroatoms. The van der Waals surface area contributed by atoms with E-state index in [4.69, 9.17) is 5.11 Å². The quantitative estimate of drug-likeness (QED) is 0.813. The first kappa shape index (κ1) is 11.7. The Kier molecular flexibility index (Phi) is 3.47. The van der Waals surface area contributed by atoms with Crippen molar-refractivity contribution in [3.63, 3.8) is 0 Å². The van der Waals surface area contributed by atoms with Gasteiger partial charge in [0, 0.05) is 18.8 Å². The summed E-state index contributed by atoms with van der Waals surface area (Å²) in [6.07, 6.45) is 1.80. The molecule has 0 aromatic carbocycles. The first-order chi connectivity index (χ1) is 6.91. The fourth-order valence-corrected chi connectivity index (χ4v) is 1.40. The van der Waals surface area contributed by atoms with Crippen molar-refractivity contribution in [2.24, 2.45) is 0 Å². The van der Waals surface area contributed by atoms with Gasteiger partial charge in [0.25, 0.3) is 0 Å². The van der Waals surface area contributed by atoms with E-state index < -0.39 is 5.97 Å². The summed E-state index contributed by atoms with van der Waals surface area (Å²) in [6, 6.07) is 0.111. The molecule has 0 fully saturated rings. The molecule has 1 aromatic heterocycles. The third-order valence-corrected chi connectivity index (χ3v) is 2.01. The maximum atomic E-state index is 10.9. The average Bonchev–Trinajstić information content (AvgIpc) is 2.46. The van der Waals surface area contributed by atoms with Gasteiger partial charge in [0.2, 0.25) is 5.82 Å². The number of aromatic carboxylic acids is 1. The summed E-state index contributed by atoms with van der Waals surface area (Å²) in [4.78, 5) is 17.0.